The third-order valence-electron chi connectivity index (χ3n) is 5.33. The van der Waals surface area contributed by atoms with Gasteiger partial charge in [0.15, 0.2) is 5.11 Å². The molecule has 0 aliphatic carbocycles. The number of nitrogens with one attached hydrogen (secondary N) is 2. The second kappa shape index (κ2) is 11.2. The third kappa shape index (κ3) is 6.04. The lowest BCUT2D eigenvalue weighted by Gasteiger charge is -2.31. The number of thiocarbonyl (C=S) groups is 1. The predicted octanol–water partition coefficient (Wildman–Crippen LogP) is 2.02. The molecule has 2 aliphatic heterocycles. The van der Waals surface area contributed by atoms with E-state index in [1.54, 1.807) is 19.2 Å². The highest BCUT2D eigenvalue weighted by molar-refractivity contribution is 7.89. The predicted molar refractivity (Wildman–Crippen MR) is 123 cm³/mol. The molecule has 0 aromatic heterocycles. The minimum Gasteiger partial charge on any atom is -0.385 e. The second-order valence-corrected chi connectivity index (χ2v) is 9.82. The molecule has 0 amide bonds. The smallest absolute Gasteiger partial charge is 0.243 e. The molecule has 1 aromatic carbocycles. The van der Waals surface area contributed by atoms with Gasteiger partial charge in [0.2, 0.25) is 10.0 Å². The maximum absolute atomic E-state index is 13.1. The fraction of sp³-hybridized carbons (Fsp3) is 0.650. The first-order chi connectivity index (χ1) is 14.5. The van der Waals surface area contributed by atoms with Crippen molar-refractivity contribution in [3.63, 3.8) is 0 Å². The molecule has 2 N–H and O–H groups in total. The number of piperidine rings is 1. The third-order valence-corrected chi connectivity index (χ3v) is 7.47. The number of morpholine rings is 1. The summed E-state index contributed by atoms with van der Waals surface area (Å²) in [5, 5.41) is 6.87. The largest absolute Gasteiger partial charge is 0.385 e. The van der Waals surface area contributed by atoms with Gasteiger partial charge < -0.3 is 25.0 Å². The zero-order valence-electron chi connectivity index (χ0n) is 17.6. The Morgan fingerprint density at radius 1 is 1.17 bits per heavy atom. The number of benzene rings is 1. The Morgan fingerprint density at radius 2 is 1.90 bits per heavy atom. The Hall–Kier alpha value is -1.46. The number of rotatable bonds is 8. The summed E-state index contributed by atoms with van der Waals surface area (Å²) in [6, 6.07) is 5.31. The summed E-state index contributed by atoms with van der Waals surface area (Å²) < 4.78 is 38.1. The van der Waals surface area contributed by atoms with Crippen molar-refractivity contribution in [3.05, 3.63) is 18.2 Å². The summed E-state index contributed by atoms with van der Waals surface area (Å²) in [5.41, 5.74) is 1.70. The van der Waals surface area contributed by atoms with E-state index >= 15 is 0 Å². The average Bonchev–Trinajstić information content (AvgIpc) is 2.78. The number of nitrogens with zero attached hydrogens (tertiary/aromatic N) is 2. The van der Waals surface area contributed by atoms with Crippen molar-refractivity contribution >= 4 is 38.7 Å². The summed E-state index contributed by atoms with van der Waals surface area (Å²) in [6.45, 7) is 4.84. The van der Waals surface area contributed by atoms with Gasteiger partial charge in [0.25, 0.3) is 0 Å². The van der Waals surface area contributed by atoms with Gasteiger partial charge in [0.1, 0.15) is 0 Å². The first kappa shape index (κ1) is 23.2. The van der Waals surface area contributed by atoms with Gasteiger partial charge in [0.05, 0.1) is 29.5 Å². The lowest BCUT2D eigenvalue weighted by molar-refractivity contribution is 0.0730. The number of anilines is 2. The molecule has 30 heavy (non-hydrogen) atoms. The quantitative estimate of drug-likeness (QED) is 0.454. The molecule has 2 saturated heterocycles. The monoisotopic (exact) mass is 456 g/mol. The van der Waals surface area contributed by atoms with E-state index in [4.69, 9.17) is 21.7 Å². The highest BCUT2D eigenvalue weighted by Crippen LogP contribution is 2.32. The molecule has 2 fully saturated rings. The van der Waals surface area contributed by atoms with Crippen molar-refractivity contribution < 1.29 is 17.9 Å². The minimum absolute atomic E-state index is 0.273. The van der Waals surface area contributed by atoms with Crippen LogP contribution in [0.3, 0.4) is 0 Å². The van der Waals surface area contributed by atoms with Crippen LogP contribution in [-0.2, 0) is 19.5 Å². The molecular weight excluding hydrogens is 424 g/mol. The molecule has 2 heterocycles. The molecule has 8 nitrogen and oxygen atoms in total. The van der Waals surface area contributed by atoms with Crippen LogP contribution in [0.2, 0.25) is 0 Å². The van der Waals surface area contributed by atoms with Crippen molar-refractivity contribution in [1.29, 1.82) is 0 Å². The summed E-state index contributed by atoms with van der Waals surface area (Å²) in [6.07, 6.45) is 4.32. The van der Waals surface area contributed by atoms with Crippen LogP contribution in [0.4, 0.5) is 11.4 Å². The minimum atomic E-state index is -3.58. The van der Waals surface area contributed by atoms with Crippen molar-refractivity contribution in [3.8, 4) is 0 Å². The van der Waals surface area contributed by atoms with Crippen LogP contribution >= 0.6 is 12.2 Å². The zero-order valence-corrected chi connectivity index (χ0v) is 19.2. The van der Waals surface area contributed by atoms with Crippen molar-refractivity contribution in [1.82, 2.24) is 9.62 Å². The van der Waals surface area contributed by atoms with E-state index in [0.29, 0.717) is 44.6 Å². The maximum atomic E-state index is 13.1. The van der Waals surface area contributed by atoms with Crippen LogP contribution in [0.5, 0.6) is 0 Å². The van der Waals surface area contributed by atoms with E-state index in [0.717, 1.165) is 43.7 Å². The Kier molecular flexibility index (Phi) is 8.70. The number of hydrogen-bond acceptors (Lipinski definition) is 6. The molecule has 0 radical (unpaired) electrons. The van der Waals surface area contributed by atoms with Gasteiger partial charge in [-0.25, -0.2) is 8.42 Å². The summed E-state index contributed by atoms with van der Waals surface area (Å²) in [7, 11) is -1.91. The lowest BCUT2D eigenvalue weighted by atomic mass is 10.1. The molecule has 0 bridgehead atoms. The highest BCUT2D eigenvalue weighted by Gasteiger charge is 2.27. The maximum Gasteiger partial charge on any atom is 0.243 e. The molecule has 2 aliphatic rings. The standard InChI is InChI=1S/C20H32N4O4S2/c1-27-13-5-8-21-20(29)22-18-16-17(30(25,26)24-11-14-28-15-12-24)6-7-19(18)23-9-3-2-4-10-23/h6-7,16H,2-5,8-15H2,1H3,(H2,21,22,29). The van der Waals surface area contributed by atoms with Gasteiger partial charge in [-0.05, 0) is 56.1 Å². The summed E-state index contributed by atoms with van der Waals surface area (Å²) >= 11 is 5.45. The number of hydrogen-bond donors (Lipinski definition) is 2. The van der Waals surface area contributed by atoms with E-state index in [9.17, 15) is 8.42 Å². The van der Waals surface area contributed by atoms with Gasteiger partial charge in [-0.1, -0.05) is 0 Å². The van der Waals surface area contributed by atoms with Crippen LogP contribution in [0.15, 0.2) is 23.1 Å². The molecule has 3 rings (SSSR count). The van der Waals surface area contributed by atoms with Gasteiger partial charge in [-0.15, -0.1) is 0 Å². The molecule has 1 aromatic rings. The van der Waals surface area contributed by atoms with E-state index in [2.05, 4.69) is 15.5 Å². The Bertz CT molecular complexity index is 807. The molecule has 0 atom stereocenters. The number of ether oxygens (including phenoxy) is 2. The number of methoxy groups -OCH3 is 1. The van der Waals surface area contributed by atoms with Crippen molar-refractivity contribution in [2.45, 2.75) is 30.6 Å². The van der Waals surface area contributed by atoms with E-state index < -0.39 is 10.0 Å². The second-order valence-electron chi connectivity index (χ2n) is 7.47. The Balaban J connectivity index is 1.82. The molecule has 0 unspecified atom stereocenters. The fourth-order valence-corrected chi connectivity index (χ4v) is 5.35. The van der Waals surface area contributed by atoms with Crippen molar-refractivity contribution in [2.24, 2.45) is 0 Å². The first-order valence-electron chi connectivity index (χ1n) is 10.5. The van der Waals surface area contributed by atoms with Crippen molar-refractivity contribution in [2.75, 3.05) is 69.9 Å². The fourth-order valence-electron chi connectivity index (χ4n) is 3.71. The topological polar surface area (TPSA) is 83.1 Å². The zero-order chi connectivity index (χ0) is 21.4. The van der Waals surface area contributed by atoms with E-state index in [1.807, 2.05) is 6.07 Å². The highest BCUT2D eigenvalue weighted by atomic mass is 32.2. The Labute approximate surface area is 184 Å². The SMILES string of the molecule is COCCCNC(=S)Nc1cc(S(=O)(=O)N2CCOCC2)ccc1N1CCCCC1. The van der Waals surface area contributed by atoms with Crippen LogP contribution in [0.1, 0.15) is 25.7 Å². The number of sulfonamides is 1. The van der Waals surface area contributed by atoms with Crippen LogP contribution in [0, 0.1) is 0 Å². The normalized spacial score (nSPS) is 18.2. The summed E-state index contributed by atoms with van der Waals surface area (Å²) in [5.74, 6) is 0. The average molecular weight is 457 g/mol. The van der Waals surface area contributed by atoms with Crippen LogP contribution in [0.25, 0.3) is 0 Å². The van der Waals surface area contributed by atoms with Gasteiger partial charge in [0, 0.05) is 46.4 Å². The summed E-state index contributed by atoms with van der Waals surface area (Å²) in [4.78, 5) is 2.57. The molecule has 168 valence electrons. The van der Waals surface area contributed by atoms with Gasteiger partial charge >= 0.3 is 0 Å². The van der Waals surface area contributed by atoms with Gasteiger partial charge in [-0.2, -0.15) is 4.31 Å². The van der Waals surface area contributed by atoms with Crippen LogP contribution < -0.4 is 15.5 Å². The molecule has 0 spiro atoms. The Morgan fingerprint density at radius 3 is 2.60 bits per heavy atom. The first-order valence-corrected chi connectivity index (χ1v) is 12.4. The van der Waals surface area contributed by atoms with E-state index in [1.165, 1.54) is 10.7 Å². The van der Waals surface area contributed by atoms with Crippen LogP contribution in [-0.4, -0.2) is 77.5 Å². The molecule has 0 saturated carbocycles. The lowest BCUT2D eigenvalue weighted by Crippen LogP contribution is -2.40. The van der Waals surface area contributed by atoms with E-state index in [-0.39, 0.29) is 4.90 Å². The van der Waals surface area contributed by atoms with Gasteiger partial charge in [-0.3, -0.25) is 0 Å². The molecular formula is C20H32N4O4S2. The molecule has 10 heteroatoms.